The minimum Gasteiger partial charge on any atom is -0.343 e. The Bertz CT molecular complexity index is 614. The van der Waals surface area contributed by atoms with Crippen LogP contribution in [0.4, 0.5) is 10.1 Å². The number of hydrogen-bond donors (Lipinski definition) is 2. The molecule has 1 aliphatic carbocycles. The lowest BCUT2D eigenvalue weighted by molar-refractivity contribution is -0.131. The van der Waals surface area contributed by atoms with E-state index in [0.29, 0.717) is 25.8 Å². The standard InChI is InChI=1S/C17H22FN3O2/c18-12-6-2-3-7-14(12)21-11-8-13(15(21)22)20-16(23)17(19)9-4-1-5-10-17/h2-3,6-7,13H,1,4-5,8-11,19H2,(H,20,23). The lowest BCUT2D eigenvalue weighted by Gasteiger charge is -2.32. The van der Waals surface area contributed by atoms with Gasteiger partial charge in [0.25, 0.3) is 0 Å². The van der Waals surface area contributed by atoms with E-state index in [-0.39, 0.29) is 17.5 Å². The van der Waals surface area contributed by atoms with Crippen LogP contribution in [-0.2, 0) is 9.59 Å². The molecule has 1 aromatic carbocycles. The molecule has 2 aliphatic rings. The molecule has 5 nitrogen and oxygen atoms in total. The fourth-order valence-electron chi connectivity index (χ4n) is 3.44. The third kappa shape index (κ3) is 3.08. The number of hydrogen-bond acceptors (Lipinski definition) is 3. The number of nitrogens with one attached hydrogen (secondary N) is 1. The maximum atomic E-state index is 13.9. The summed E-state index contributed by atoms with van der Waals surface area (Å²) in [5, 5.41) is 2.78. The molecule has 1 unspecified atom stereocenters. The van der Waals surface area contributed by atoms with E-state index in [1.807, 2.05) is 0 Å². The average molecular weight is 319 g/mol. The third-order valence-corrected chi connectivity index (χ3v) is 4.85. The third-order valence-electron chi connectivity index (χ3n) is 4.85. The van der Waals surface area contributed by atoms with Gasteiger partial charge in [-0.15, -0.1) is 0 Å². The van der Waals surface area contributed by atoms with E-state index < -0.39 is 17.4 Å². The number of rotatable bonds is 3. The first-order valence-corrected chi connectivity index (χ1v) is 8.17. The van der Waals surface area contributed by atoms with Crippen LogP contribution in [0.3, 0.4) is 0 Å². The zero-order chi connectivity index (χ0) is 16.4. The molecule has 3 N–H and O–H groups in total. The molecule has 6 heteroatoms. The van der Waals surface area contributed by atoms with Gasteiger partial charge in [0.2, 0.25) is 11.8 Å². The fraction of sp³-hybridized carbons (Fsp3) is 0.529. The van der Waals surface area contributed by atoms with Crippen LogP contribution in [0.2, 0.25) is 0 Å². The molecule has 1 atom stereocenters. The largest absolute Gasteiger partial charge is 0.343 e. The van der Waals surface area contributed by atoms with Crippen molar-refractivity contribution in [2.75, 3.05) is 11.4 Å². The highest BCUT2D eigenvalue weighted by Crippen LogP contribution is 2.28. The van der Waals surface area contributed by atoms with E-state index in [0.717, 1.165) is 19.3 Å². The van der Waals surface area contributed by atoms with E-state index in [1.165, 1.54) is 11.0 Å². The van der Waals surface area contributed by atoms with Gasteiger partial charge in [0.1, 0.15) is 11.9 Å². The number of carbonyl (C=O) groups is 2. The fourth-order valence-corrected chi connectivity index (χ4v) is 3.44. The number of nitrogens with zero attached hydrogens (tertiary/aromatic N) is 1. The second-order valence-electron chi connectivity index (χ2n) is 6.47. The van der Waals surface area contributed by atoms with Crippen LogP contribution >= 0.6 is 0 Å². The summed E-state index contributed by atoms with van der Waals surface area (Å²) in [6.45, 7) is 0.391. The molecule has 23 heavy (non-hydrogen) atoms. The van der Waals surface area contributed by atoms with E-state index in [1.54, 1.807) is 18.2 Å². The van der Waals surface area contributed by atoms with Crippen molar-refractivity contribution in [3.63, 3.8) is 0 Å². The molecule has 124 valence electrons. The number of carbonyl (C=O) groups excluding carboxylic acids is 2. The van der Waals surface area contributed by atoms with Gasteiger partial charge in [-0.1, -0.05) is 31.4 Å². The van der Waals surface area contributed by atoms with Crippen LogP contribution in [0, 0.1) is 5.82 Å². The Labute approximate surface area is 135 Å². The van der Waals surface area contributed by atoms with E-state index in [2.05, 4.69) is 5.32 Å². The average Bonchev–Trinajstić information content (AvgIpc) is 2.89. The highest BCUT2D eigenvalue weighted by atomic mass is 19.1. The SMILES string of the molecule is NC1(C(=O)NC2CCN(c3ccccc3F)C2=O)CCCCC1. The van der Waals surface area contributed by atoms with E-state index in [4.69, 9.17) is 5.73 Å². The summed E-state index contributed by atoms with van der Waals surface area (Å²) in [5.74, 6) is -0.968. The molecule has 1 saturated carbocycles. The summed E-state index contributed by atoms with van der Waals surface area (Å²) in [5.41, 5.74) is 5.59. The molecule has 2 fully saturated rings. The number of nitrogens with two attached hydrogens (primary N) is 1. The van der Waals surface area contributed by atoms with Crippen LogP contribution < -0.4 is 16.0 Å². The van der Waals surface area contributed by atoms with Crippen LogP contribution in [0.15, 0.2) is 24.3 Å². The van der Waals surface area contributed by atoms with Gasteiger partial charge in [-0.2, -0.15) is 0 Å². The second kappa shape index (κ2) is 6.28. The van der Waals surface area contributed by atoms with Crippen molar-refractivity contribution in [3.05, 3.63) is 30.1 Å². The molecule has 0 aromatic heterocycles. The number of para-hydroxylation sites is 1. The van der Waals surface area contributed by atoms with Gasteiger partial charge in [0.05, 0.1) is 11.2 Å². The summed E-state index contributed by atoms with van der Waals surface area (Å²) < 4.78 is 13.9. The zero-order valence-electron chi connectivity index (χ0n) is 13.1. The molecule has 1 heterocycles. The van der Waals surface area contributed by atoms with Gasteiger partial charge in [0.15, 0.2) is 0 Å². The second-order valence-corrected chi connectivity index (χ2v) is 6.47. The summed E-state index contributed by atoms with van der Waals surface area (Å²) in [6, 6.07) is 5.55. The smallest absolute Gasteiger partial charge is 0.249 e. The molecule has 0 bridgehead atoms. The molecule has 0 spiro atoms. The minimum atomic E-state index is -0.871. The predicted molar refractivity (Wildman–Crippen MR) is 85.3 cm³/mol. The number of halogens is 1. The van der Waals surface area contributed by atoms with Gasteiger partial charge in [-0.3, -0.25) is 9.59 Å². The number of anilines is 1. The molecule has 1 saturated heterocycles. The van der Waals surface area contributed by atoms with Crippen molar-refractivity contribution in [1.82, 2.24) is 5.32 Å². The molecular weight excluding hydrogens is 297 g/mol. The molecule has 3 rings (SSSR count). The Hall–Kier alpha value is -1.95. The first kappa shape index (κ1) is 15.9. The highest BCUT2D eigenvalue weighted by molar-refractivity contribution is 6.02. The Morgan fingerprint density at radius 2 is 1.96 bits per heavy atom. The summed E-state index contributed by atoms with van der Waals surface area (Å²) >= 11 is 0. The molecule has 0 radical (unpaired) electrons. The van der Waals surface area contributed by atoms with Gasteiger partial charge >= 0.3 is 0 Å². The number of amides is 2. The van der Waals surface area contributed by atoms with Gasteiger partial charge in [-0.05, 0) is 31.4 Å². The molecule has 1 aliphatic heterocycles. The highest BCUT2D eigenvalue weighted by Gasteiger charge is 2.40. The monoisotopic (exact) mass is 319 g/mol. The summed E-state index contributed by atoms with van der Waals surface area (Å²) in [7, 11) is 0. The van der Waals surface area contributed by atoms with E-state index >= 15 is 0 Å². The maximum absolute atomic E-state index is 13.9. The van der Waals surface area contributed by atoms with Crippen molar-refractivity contribution in [3.8, 4) is 0 Å². The van der Waals surface area contributed by atoms with Gasteiger partial charge in [-0.25, -0.2) is 4.39 Å². The Balaban J connectivity index is 1.68. The quantitative estimate of drug-likeness (QED) is 0.890. The van der Waals surface area contributed by atoms with Crippen LogP contribution in [0.1, 0.15) is 38.5 Å². The first-order valence-electron chi connectivity index (χ1n) is 8.17. The predicted octanol–water partition coefficient (Wildman–Crippen LogP) is 1.71. The van der Waals surface area contributed by atoms with Crippen LogP contribution in [0.25, 0.3) is 0 Å². The van der Waals surface area contributed by atoms with Crippen LogP contribution in [-0.4, -0.2) is 29.9 Å². The lowest BCUT2D eigenvalue weighted by Crippen LogP contribution is -2.58. The minimum absolute atomic E-state index is 0.258. The van der Waals surface area contributed by atoms with Crippen molar-refractivity contribution in [2.24, 2.45) is 5.73 Å². The number of benzene rings is 1. The van der Waals surface area contributed by atoms with Crippen molar-refractivity contribution in [2.45, 2.75) is 50.1 Å². The van der Waals surface area contributed by atoms with Gasteiger partial charge < -0.3 is 16.0 Å². The Morgan fingerprint density at radius 3 is 2.65 bits per heavy atom. The van der Waals surface area contributed by atoms with Crippen molar-refractivity contribution >= 4 is 17.5 Å². The Morgan fingerprint density at radius 1 is 1.26 bits per heavy atom. The van der Waals surface area contributed by atoms with Crippen molar-refractivity contribution in [1.29, 1.82) is 0 Å². The first-order chi connectivity index (χ1) is 11.0. The van der Waals surface area contributed by atoms with Crippen LogP contribution in [0.5, 0.6) is 0 Å². The molecular formula is C17H22FN3O2. The normalized spacial score (nSPS) is 23.8. The summed E-state index contributed by atoms with van der Waals surface area (Å²) in [4.78, 5) is 26.3. The molecule has 2 amide bonds. The zero-order valence-corrected chi connectivity index (χ0v) is 13.1. The Kier molecular flexibility index (Phi) is 4.35. The molecule has 1 aromatic rings. The van der Waals surface area contributed by atoms with Gasteiger partial charge in [0, 0.05) is 6.54 Å². The van der Waals surface area contributed by atoms with Crippen molar-refractivity contribution < 1.29 is 14.0 Å². The maximum Gasteiger partial charge on any atom is 0.249 e. The topological polar surface area (TPSA) is 75.4 Å². The summed E-state index contributed by atoms with van der Waals surface area (Å²) in [6.07, 6.45) is 4.73. The lowest BCUT2D eigenvalue weighted by atomic mass is 9.81. The van der Waals surface area contributed by atoms with E-state index in [9.17, 15) is 14.0 Å².